The first-order valence-corrected chi connectivity index (χ1v) is 5.65. The molecule has 0 radical (unpaired) electrons. The van der Waals surface area contributed by atoms with E-state index >= 15 is 0 Å². The first-order valence-electron chi connectivity index (χ1n) is 5.65. The zero-order chi connectivity index (χ0) is 13.3. The molecule has 2 rings (SSSR count). The van der Waals surface area contributed by atoms with Crippen LogP contribution in [0.2, 0.25) is 0 Å². The summed E-state index contributed by atoms with van der Waals surface area (Å²) >= 11 is 0. The van der Waals surface area contributed by atoms with Gasteiger partial charge in [-0.15, -0.1) is 0 Å². The van der Waals surface area contributed by atoms with Gasteiger partial charge in [0.2, 0.25) is 0 Å². The molecule has 1 aromatic rings. The molecule has 98 valence electrons. The van der Waals surface area contributed by atoms with E-state index in [1.165, 1.54) is 11.6 Å². The van der Waals surface area contributed by atoms with Gasteiger partial charge < -0.3 is 9.47 Å². The van der Waals surface area contributed by atoms with Crippen LogP contribution in [0.1, 0.15) is 5.56 Å². The molecule has 0 fully saturated rings. The Morgan fingerprint density at radius 2 is 2.22 bits per heavy atom. The molecule has 18 heavy (non-hydrogen) atoms. The van der Waals surface area contributed by atoms with Crippen LogP contribution in [0, 0.1) is 6.92 Å². The third-order valence-corrected chi connectivity index (χ3v) is 2.92. The van der Waals surface area contributed by atoms with Gasteiger partial charge in [0, 0.05) is 25.9 Å². The summed E-state index contributed by atoms with van der Waals surface area (Å²) in [6, 6.07) is 0. The van der Waals surface area contributed by atoms with Crippen molar-refractivity contribution in [2.24, 2.45) is 7.05 Å². The highest BCUT2D eigenvalue weighted by Crippen LogP contribution is 2.15. The molecule has 0 bridgehead atoms. The van der Waals surface area contributed by atoms with Crippen LogP contribution >= 0.6 is 0 Å². The second kappa shape index (κ2) is 4.91. The Kier molecular flexibility index (Phi) is 3.49. The number of nitrogens with zero attached hydrogens (tertiary/aromatic N) is 2. The maximum atomic E-state index is 12.0. The van der Waals surface area contributed by atoms with Crippen LogP contribution < -0.4 is 11.2 Å². The van der Waals surface area contributed by atoms with Crippen LogP contribution in [0.15, 0.2) is 21.9 Å². The SMILES string of the molecule is COC[C@@H]1C=C(n2cc(C)c(=O)n(C)c2=O)CO1. The van der Waals surface area contributed by atoms with Crippen LogP contribution in [0.4, 0.5) is 0 Å². The second-order valence-electron chi connectivity index (χ2n) is 4.29. The number of hydrogen-bond donors (Lipinski definition) is 0. The van der Waals surface area contributed by atoms with E-state index in [9.17, 15) is 9.59 Å². The Morgan fingerprint density at radius 1 is 1.50 bits per heavy atom. The largest absolute Gasteiger partial charge is 0.382 e. The molecule has 0 N–H and O–H groups in total. The zero-order valence-corrected chi connectivity index (χ0v) is 10.7. The molecule has 6 nitrogen and oxygen atoms in total. The lowest BCUT2D eigenvalue weighted by atomic mass is 10.3. The van der Waals surface area contributed by atoms with E-state index in [2.05, 4.69) is 0 Å². The molecule has 1 aromatic heterocycles. The maximum absolute atomic E-state index is 12.0. The van der Waals surface area contributed by atoms with Gasteiger partial charge in [-0.1, -0.05) is 0 Å². The van der Waals surface area contributed by atoms with Gasteiger partial charge in [0.15, 0.2) is 0 Å². The summed E-state index contributed by atoms with van der Waals surface area (Å²) in [7, 11) is 3.06. The molecule has 1 atom stereocenters. The molecule has 0 aromatic carbocycles. The quantitative estimate of drug-likeness (QED) is 0.743. The van der Waals surface area contributed by atoms with Crippen LogP contribution in [-0.4, -0.2) is 35.6 Å². The lowest BCUT2D eigenvalue weighted by Gasteiger charge is -2.08. The molecule has 0 spiro atoms. The topological polar surface area (TPSA) is 62.5 Å². The van der Waals surface area contributed by atoms with Crippen molar-refractivity contribution in [1.82, 2.24) is 9.13 Å². The molecule has 0 aliphatic carbocycles. The minimum Gasteiger partial charge on any atom is -0.382 e. The first kappa shape index (κ1) is 12.8. The zero-order valence-electron chi connectivity index (χ0n) is 10.7. The summed E-state index contributed by atoms with van der Waals surface area (Å²) < 4.78 is 13.0. The van der Waals surface area contributed by atoms with E-state index in [-0.39, 0.29) is 17.4 Å². The first-order chi connectivity index (χ1) is 8.54. The summed E-state index contributed by atoms with van der Waals surface area (Å²) in [5, 5.41) is 0. The number of hydrogen-bond acceptors (Lipinski definition) is 4. The third kappa shape index (κ3) is 2.16. The van der Waals surface area contributed by atoms with E-state index in [1.807, 2.05) is 6.08 Å². The number of methoxy groups -OCH3 is 1. The number of aromatic nitrogens is 2. The van der Waals surface area contributed by atoms with Crippen molar-refractivity contribution in [2.75, 3.05) is 20.3 Å². The summed E-state index contributed by atoms with van der Waals surface area (Å²) in [5.41, 5.74) is 0.622. The van der Waals surface area contributed by atoms with Crippen molar-refractivity contribution in [3.8, 4) is 0 Å². The monoisotopic (exact) mass is 252 g/mol. The van der Waals surface area contributed by atoms with Crippen LogP contribution in [-0.2, 0) is 16.5 Å². The van der Waals surface area contributed by atoms with E-state index in [0.29, 0.717) is 18.8 Å². The molecule has 6 heteroatoms. The Morgan fingerprint density at radius 3 is 2.89 bits per heavy atom. The van der Waals surface area contributed by atoms with E-state index in [1.54, 1.807) is 20.2 Å². The summed E-state index contributed by atoms with van der Waals surface area (Å²) in [6.07, 6.45) is 3.25. The molecule has 0 saturated heterocycles. The Bertz CT molecular complexity index is 597. The third-order valence-electron chi connectivity index (χ3n) is 2.92. The number of rotatable bonds is 3. The van der Waals surface area contributed by atoms with Gasteiger partial charge in [-0.25, -0.2) is 4.79 Å². The smallest absolute Gasteiger partial charge is 0.335 e. The van der Waals surface area contributed by atoms with Gasteiger partial charge >= 0.3 is 5.69 Å². The van der Waals surface area contributed by atoms with Gasteiger partial charge in [0.25, 0.3) is 5.56 Å². The number of ether oxygens (including phenoxy) is 2. The second-order valence-corrected chi connectivity index (χ2v) is 4.29. The summed E-state index contributed by atoms with van der Waals surface area (Å²) in [5.74, 6) is 0. The lowest BCUT2D eigenvalue weighted by Crippen LogP contribution is -2.38. The highest BCUT2D eigenvalue weighted by molar-refractivity contribution is 5.49. The van der Waals surface area contributed by atoms with Crippen molar-refractivity contribution in [3.05, 3.63) is 38.7 Å². The average Bonchev–Trinajstić information content (AvgIpc) is 2.80. The van der Waals surface area contributed by atoms with E-state index in [4.69, 9.17) is 9.47 Å². The van der Waals surface area contributed by atoms with Crippen molar-refractivity contribution in [3.63, 3.8) is 0 Å². The van der Waals surface area contributed by atoms with Crippen molar-refractivity contribution in [2.45, 2.75) is 13.0 Å². The predicted octanol–water partition coefficient (Wildman–Crippen LogP) is -0.258. The molecule has 1 aliphatic heterocycles. The highest BCUT2D eigenvalue weighted by atomic mass is 16.5. The fourth-order valence-electron chi connectivity index (χ4n) is 1.94. The fraction of sp³-hybridized carbons (Fsp3) is 0.500. The average molecular weight is 252 g/mol. The summed E-state index contributed by atoms with van der Waals surface area (Å²) in [6.45, 7) is 2.47. The summed E-state index contributed by atoms with van der Waals surface area (Å²) in [4.78, 5) is 23.6. The Balaban J connectivity index is 2.45. The normalized spacial score (nSPS) is 19.1. The van der Waals surface area contributed by atoms with Crippen molar-refractivity contribution >= 4 is 5.70 Å². The van der Waals surface area contributed by atoms with Gasteiger partial charge in [0.1, 0.15) is 6.10 Å². The van der Waals surface area contributed by atoms with Gasteiger partial charge in [-0.05, 0) is 13.0 Å². The van der Waals surface area contributed by atoms with Crippen molar-refractivity contribution < 1.29 is 9.47 Å². The molecule has 0 amide bonds. The maximum Gasteiger partial charge on any atom is 0.335 e. The molecule has 0 unspecified atom stereocenters. The predicted molar refractivity (Wildman–Crippen MR) is 66.6 cm³/mol. The standard InChI is InChI=1S/C12H16N2O4/c1-8-5-14(12(16)13(2)11(8)15)9-4-10(7-17-3)18-6-9/h4-5,10H,6-7H2,1-3H3/t10-/m0/s1. The van der Waals surface area contributed by atoms with Crippen LogP contribution in [0.25, 0.3) is 5.70 Å². The van der Waals surface area contributed by atoms with E-state index < -0.39 is 0 Å². The van der Waals surface area contributed by atoms with Crippen LogP contribution in [0.3, 0.4) is 0 Å². The van der Waals surface area contributed by atoms with Crippen molar-refractivity contribution in [1.29, 1.82) is 0 Å². The van der Waals surface area contributed by atoms with Crippen LogP contribution in [0.5, 0.6) is 0 Å². The minimum absolute atomic E-state index is 0.144. The van der Waals surface area contributed by atoms with Gasteiger partial charge in [-0.2, -0.15) is 0 Å². The van der Waals surface area contributed by atoms with Gasteiger partial charge in [0.05, 0.1) is 18.9 Å². The fourth-order valence-corrected chi connectivity index (χ4v) is 1.94. The Hall–Kier alpha value is -1.66. The molecule has 2 heterocycles. The minimum atomic E-state index is -0.362. The molecule has 0 saturated carbocycles. The molecular weight excluding hydrogens is 236 g/mol. The lowest BCUT2D eigenvalue weighted by molar-refractivity contribution is 0.0526. The Labute approximate surface area is 104 Å². The highest BCUT2D eigenvalue weighted by Gasteiger charge is 2.19. The number of aryl methyl sites for hydroxylation is 1. The van der Waals surface area contributed by atoms with Gasteiger partial charge in [-0.3, -0.25) is 13.9 Å². The molecule has 1 aliphatic rings. The molecular formula is C12H16N2O4. The van der Waals surface area contributed by atoms with E-state index in [0.717, 1.165) is 10.3 Å².